The van der Waals surface area contributed by atoms with Gasteiger partial charge in [0.05, 0.1) is 6.04 Å². The Morgan fingerprint density at radius 3 is 2.75 bits per heavy atom. The molecule has 1 aromatic heterocycles. The number of rotatable bonds is 2. The summed E-state index contributed by atoms with van der Waals surface area (Å²) in [6.45, 7) is 2.05. The molecule has 0 fully saturated rings. The third-order valence-corrected chi connectivity index (χ3v) is 4.13. The fourth-order valence-corrected chi connectivity index (χ4v) is 2.86. The molecule has 0 aliphatic carbocycles. The van der Waals surface area contributed by atoms with Gasteiger partial charge in [-0.25, -0.2) is 0 Å². The Balaban J connectivity index is 2.07. The molecular formula is C16H13BrClNO. The summed E-state index contributed by atoms with van der Waals surface area (Å²) < 4.78 is 6.78. The molecule has 3 rings (SSSR count). The number of hydrogen-bond donors (Lipinski definition) is 1. The predicted molar refractivity (Wildman–Crippen MR) is 86.1 cm³/mol. The highest BCUT2D eigenvalue weighted by molar-refractivity contribution is 9.10. The SMILES string of the molecule is Cc1ccc2oc(C(N)c3cc(Br)ccc3Cl)cc2c1. The van der Waals surface area contributed by atoms with Gasteiger partial charge in [-0.1, -0.05) is 39.2 Å². The number of aryl methyl sites for hydroxylation is 1. The minimum atomic E-state index is -0.382. The number of fused-ring (bicyclic) bond motifs is 1. The zero-order valence-corrected chi connectivity index (χ0v) is 13.2. The average molecular weight is 351 g/mol. The van der Waals surface area contributed by atoms with Gasteiger partial charge in [-0.2, -0.15) is 0 Å². The first-order chi connectivity index (χ1) is 9.54. The van der Waals surface area contributed by atoms with Crippen molar-refractivity contribution in [3.05, 3.63) is 68.8 Å². The van der Waals surface area contributed by atoms with Crippen molar-refractivity contribution >= 4 is 38.5 Å². The van der Waals surface area contributed by atoms with E-state index in [0.29, 0.717) is 10.8 Å². The van der Waals surface area contributed by atoms with Crippen LogP contribution in [0.2, 0.25) is 5.02 Å². The second kappa shape index (κ2) is 5.24. The van der Waals surface area contributed by atoms with Crippen LogP contribution in [0.1, 0.15) is 22.9 Å². The molecule has 0 saturated carbocycles. The number of benzene rings is 2. The summed E-state index contributed by atoms with van der Waals surface area (Å²) in [5.41, 5.74) is 9.17. The van der Waals surface area contributed by atoms with E-state index >= 15 is 0 Å². The molecule has 1 atom stereocenters. The van der Waals surface area contributed by atoms with Crippen LogP contribution in [0, 0.1) is 6.92 Å². The highest BCUT2D eigenvalue weighted by atomic mass is 79.9. The predicted octanol–water partition coefficient (Wildman–Crippen LogP) is 5.21. The largest absolute Gasteiger partial charge is 0.459 e. The van der Waals surface area contributed by atoms with Crippen LogP contribution in [0.4, 0.5) is 0 Å². The molecule has 4 heteroatoms. The molecule has 3 aromatic rings. The summed E-state index contributed by atoms with van der Waals surface area (Å²) in [4.78, 5) is 0. The lowest BCUT2D eigenvalue weighted by Crippen LogP contribution is -2.11. The van der Waals surface area contributed by atoms with E-state index in [0.717, 1.165) is 21.0 Å². The van der Waals surface area contributed by atoms with Gasteiger partial charge in [0.25, 0.3) is 0 Å². The molecule has 0 spiro atoms. The summed E-state index contributed by atoms with van der Waals surface area (Å²) >= 11 is 9.66. The molecule has 0 aliphatic heterocycles. The van der Waals surface area contributed by atoms with E-state index in [2.05, 4.69) is 28.9 Å². The van der Waals surface area contributed by atoms with Crippen LogP contribution < -0.4 is 5.73 Å². The van der Waals surface area contributed by atoms with Gasteiger partial charge in [-0.3, -0.25) is 0 Å². The maximum Gasteiger partial charge on any atom is 0.134 e. The minimum absolute atomic E-state index is 0.382. The van der Waals surface area contributed by atoms with Crippen LogP contribution in [0.15, 0.2) is 51.4 Å². The monoisotopic (exact) mass is 349 g/mol. The highest BCUT2D eigenvalue weighted by Gasteiger charge is 2.17. The lowest BCUT2D eigenvalue weighted by molar-refractivity contribution is 0.525. The summed E-state index contributed by atoms with van der Waals surface area (Å²) in [7, 11) is 0. The van der Waals surface area contributed by atoms with Crippen LogP contribution in [-0.4, -0.2) is 0 Å². The molecule has 0 amide bonds. The maximum atomic E-state index is 6.29. The molecule has 1 unspecified atom stereocenters. The van der Waals surface area contributed by atoms with Crippen molar-refractivity contribution in [2.24, 2.45) is 5.73 Å². The van der Waals surface area contributed by atoms with E-state index in [1.54, 1.807) is 0 Å². The van der Waals surface area contributed by atoms with E-state index in [-0.39, 0.29) is 6.04 Å². The second-order valence-corrected chi connectivity index (χ2v) is 6.16. The molecule has 2 aromatic carbocycles. The Labute approximate surface area is 130 Å². The van der Waals surface area contributed by atoms with Gasteiger partial charge in [-0.15, -0.1) is 0 Å². The van der Waals surface area contributed by atoms with Crippen LogP contribution >= 0.6 is 27.5 Å². The van der Waals surface area contributed by atoms with Gasteiger partial charge >= 0.3 is 0 Å². The van der Waals surface area contributed by atoms with Crippen molar-refractivity contribution in [1.82, 2.24) is 0 Å². The Bertz CT molecular complexity index is 781. The molecule has 20 heavy (non-hydrogen) atoms. The van der Waals surface area contributed by atoms with Crippen molar-refractivity contribution < 1.29 is 4.42 Å². The highest BCUT2D eigenvalue weighted by Crippen LogP contribution is 2.32. The van der Waals surface area contributed by atoms with Crippen LogP contribution in [0.25, 0.3) is 11.0 Å². The van der Waals surface area contributed by atoms with E-state index in [1.807, 2.05) is 36.4 Å². The van der Waals surface area contributed by atoms with Crippen LogP contribution in [0.3, 0.4) is 0 Å². The lowest BCUT2D eigenvalue weighted by Gasteiger charge is -2.11. The summed E-state index contributed by atoms with van der Waals surface area (Å²) in [6, 6.07) is 13.3. The Morgan fingerprint density at radius 1 is 1.15 bits per heavy atom. The smallest absolute Gasteiger partial charge is 0.134 e. The summed E-state index contributed by atoms with van der Waals surface area (Å²) in [5.74, 6) is 0.714. The lowest BCUT2D eigenvalue weighted by atomic mass is 10.1. The van der Waals surface area contributed by atoms with Crippen LogP contribution in [-0.2, 0) is 0 Å². The van der Waals surface area contributed by atoms with Crippen molar-refractivity contribution in [1.29, 1.82) is 0 Å². The molecule has 2 nitrogen and oxygen atoms in total. The Kier molecular flexibility index (Phi) is 3.59. The Morgan fingerprint density at radius 2 is 1.95 bits per heavy atom. The number of halogens is 2. The average Bonchev–Trinajstić information content (AvgIpc) is 2.83. The zero-order valence-electron chi connectivity index (χ0n) is 10.9. The normalized spacial score (nSPS) is 12.8. The number of nitrogens with two attached hydrogens (primary N) is 1. The van der Waals surface area contributed by atoms with Gasteiger partial charge in [0, 0.05) is 14.9 Å². The quantitative estimate of drug-likeness (QED) is 0.689. The van der Waals surface area contributed by atoms with Crippen molar-refractivity contribution in [3.63, 3.8) is 0 Å². The fraction of sp³-hybridized carbons (Fsp3) is 0.125. The molecule has 0 radical (unpaired) electrons. The van der Waals surface area contributed by atoms with Gasteiger partial charge in [0.1, 0.15) is 11.3 Å². The van der Waals surface area contributed by atoms with Crippen molar-refractivity contribution in [3.8, 4) is 0 Å². The van der Waals surface area contributed by atoms with E-state index < -0.39 is 0 Å². The van der Waals surface area contributed by atoms with Gasteiger partial charge in [0.2, 0.25) is 0 Å². The van der Waals surface area contributed by atoms with Gasteiger partial charge in [0.15, 0.2) is 0 Å². The molecule has 0 saturated heterocycles. The Hall–Kier alpha value is -1.29. The first-order valence-corrected chi connectivity index (χ1v) is 7.42. The molecule has 0 bridgehead atoms. The van der Waals surface area contributed by atoms with Gasteiger partial charge in [-0.05, 0) is 48.9 Å². The van der Waals surface area contributed by atoms with E-state index in [9.17, 15) is 0 Å². The summed E-state index contributed by atoms with van der Waals surface area (Å²) in [6.07, 6.45) is 0. The standard InChI is InChI=1S/C16H13BrClNO/c1-9-2-5-14-10(6-9)7-15(20-14)16(19)12-8-11(17)3-4-13(12)18/h2-8,16H,19H2,1H3. The molecule has 0 aliphatic rings. The topological polar surface area (TPSA) is 39.2 Å². The summed E-state index contributed by atoms with van der Waals surface area (Å²) in [5, 5.41) is 1.69. The zero-order chi connectivity index (χ0) is 14.3. The van der Waals surface area contributed by atoms with Crippen LogP contribution in [0.5, 0.6) is 0 Å². The van der Waals surface area contributed by atoms with Gasteiger partial charge < -0.3 is 10.2 Å². The fourth-order valence-electron chi connectivity index (χ4n) is 2.24. The molecule has 102 valence electrons. The van der Waals surface area contributed by atoms with Crippen molar-refractivity contribution in [2.75, 3.05) is 0 Å². The number of furan rings is 1. The number of hydrogen-bond acceptors (Lipinski definition) is 2. The molecule has 1 heterocycles. The molecule has 2 N–H and O–H groups in total. The minimum Gasteiger partial charge on any atom is -0.459 e. The van der Waals surface area contributed by atoms with Crippen molar-refractivity contribution in [2.45, 2.75) is 13.0 Å². The third-order valence-electron chi connectivity index (χ3n) is 3.29. The van der Waals surface area contributed by atoms with E-state index in [4.69, 9.17) is 21.8 Å². The third kappa shape index (κ3) is 2.49. The molecular weight excluding hydrogens is 338 g/mol. The maximum absolute atomic E-state index is 6.29. The first-order valence-electron chi connectivity index (χ1n) is 6.25. The van der Waals surface area contributed by atoms with E-state index in [1.165, 1.54) is 5.56 Å². The second-order valence-electron chi connectivity index (χ2n) is 4.83. The first kappa shape index (κ1) is 13.7.